The second-order valence-electron chi connectivity index (χ2n) is 3.02. The van der Waals surface area contributed by atoms with Gasteiger partial charge in [0.05, 0.1) is 5.69 Å². The van der Waals surface area contributed by atoms with Crippen molar-refractivity contribution in [2.75, 3.05) is 7.11 Å². The van der Waals surface area contributed by atoms with Crippen molar-refractivity contribution in [3.63, 3.8) is 0 Å². The van der Waals surface area contributed by atoms with Crippen molar-refractivity contribution >= 4 is 11.3 Å². The standard InChI is InChI=1S/C10H10N2O2S/c1-14-5-9-11-8(4-10(13)12-9)7-2-3-15-6-7/h2-4,6H,5H2,1H3,(H,11,12,13). The molecule has 0 aliphatic heterocycles. The Morgan fingerprint density at radius 3 is 3.13 bits per heavy atom. The Hall–Kier alpha value is -1.46. The van der Waals surface area contributed by atoms with Crippen LogP contribution in [0.25, 0.3) is 11.3 Å². The SMILES string of the molecule is COCc1nc(-c2ccsc2)cc(=O)[nH]1. The van der Waals surface area contributed by atoms with Crippen molar-refractivity contribution in [3.8, 4) is 11.3 Å². The van der Waals surface area contributed by atoms with Crippen molar-refractivity contribution in [1.29, 1.82) is 0 Å². The minimum absolute atomic E-state index is 0.154. The second kappa shape index (κ2) is 4.37. The van der Waals surface area contributed by atoms with Gasteiger partial charge in [-0.1, -0.05) is 0 Å². The molecule has 0 fully saturated rings. The summed E-state index contributed by atoms with van der Waals surface area (Å²) in [5.41, 5.74) is 1.49. The Morgan fingerprint density at radius 1 is 1.60 bits per heavy atom. The topological polar surface area (TPSA) is 55.0 Å². The van der Waals surface area contributed by atoms with E-state index in [1.165, 1.54) is 6.07 Å². The van der Waals surface area contributed by atoms with Crippen LogP contribution in [0.5, 0.6) is 0 Å². The molecule has 0 aliphatic carbocycles. The summed E-state index contributed by atoms with van der Waals surface area (Å²) in [6, 6.07) is 3.42. The smallest absolute Gasteiger partial charge is 0.251 e. The highest BCUT2D eigenvalue weighted by Gasteiger charge is 2.03. The molecule has 0 amide bonds. The molecule has 0 saturated heterocycles. The Labute approximate surface area is 90.6 Å². The van der Waals surface area contributed by atoms with Crippen LogP contribution < -0.4 is 5.56 Å². The molecule has 0 saturated carbocycles. The molecule has 0 bridgehead atoms. The fraction of sp³-hybridized carbons (Fsp3) is 0.200. The van der Waals surface area contributed by atoms with Crippen molar-refractivity contribution in [2.45, 2.75) is 6.61 Å². The number of aromatic amines is 1. The molecule has 2 aromatic rings. The highest BCUT2D eigenvalue weighted by molar-refractivity contribution is 7.08. The first-order chi connectivity index (χ1) is 7.29. The van der Waals surface area contributed by atoms with Gasteiger partial charge in [-0.3, -0.25) is 4.79 Å². The Morgan fingerprint density at radius 2 is 2.47 bits per heavy atom. The highest BCUT2D eigenvalue weighted by Crippen LogP contribution is 2.18. The number of H-pyrrole nitrogens is 1. The quantitative estimate of drug-likeness (QED) is 0.859. The average Bonchev–Trinajstić information content (AvgIpc) is 2.70. The average molecular weight is 222 g/mol. The van der Waals surface area contributed by atoms with Gasteiger partial charge in [0.1, 0.15) is 12.4 Å². The van der Waals surface area contributed by atoms with Crippen molar-refractivity contribution in [1.82, 2.24) is 9.97 Å². The summed E-state index contributed by atoms with van der Waals surface area (Å²) in [6.45, 7) is 0.313. The molecular weight excluding hydrogens is 212 g/mol. The summed E-state index contributed by atoms with van der Waals surface area (Å²) in [7, 11) is 1.57. The predicted octanol–water partition coefficient (Wildman–Crippen LogP) is 1.64. The van der Waals surface area contributed by atoms with E-state index in [2.05, 4.69) is 9.97 Å². The highest BCUT2D eigenvalue weighted by atomic mass is 32.1. The Balaban J connectivity index is 2.44. The molecule has 4 nitrogen and oxygen atoms in total. The van der Waals surface area contributed by atoms with Gasteiger partial charge in [-0.25, -0.2) is 4.98 Å². The molecular formula is C10H10N2O2S. The molecule has 2 rings (SSSR count). The molecule has 2 aromatic heterocycles. The first-order valence-electron chi connectivity index (χ1n) is 4.41. The van der Waals surface area contributed by atoms with Crippen molar-refractivity contribution < 1.29 is 4.74 Å². The van der Waals surface area contributed by atoms with Crippen LogP contribution in [0.3, 0.4) is 0 Å². The third kappa shape index (κ3) is 2.31. The third-order valence-electron chi connectivity index (χ3n) is 1.89. The summed E-state index contributed by atoms with van der Waals surface area (Å²) in [4.78, 5) is 18.2. The summed E-state index contributed by atoms with van der Waals surface area (Å²) in [5, 5.41) is 3.91. The monoisotopic (exact) mass is 222 g/mol. The maximum absolute atomic E-state index is 11.3. The van der Waals surface area contributed by atoms with E-state index in [1.54, 1.807) is 18.4 Å². The van der Waals surface area contributed by atoms with Gasteiger partial charge in [-0.2, -0.15) is 11.3 Å². The summed E-state index contributed by atoms with van der Waals surface area (Å²) in [6.07, 6.45) is 0. The van der Waals surface area contributed by atoms with Crippen LogP contribution in [0, 0.1) is 0 Å². The maximum atomic E-state index is 11.3. The van der Waals surface area contributed by atoms with E-state index in [0.717, 1.165) is 5.56 Å². The number of hydrogen-bond donors (Lipinski definition) is 1. The Kier molecular flexibility index (Phi) is 2.94. The van der Waals surface area contributed by atoms with Crippen LogP contribution in [0.4, 0.5) is 0 Å². The zero-order valence-corrected chi connectivity index (χ0v) is 9.00. The second-order valence-corrected chi connectivity index (χ2v) is 3.80. The van der Waals surface area contributed by atoms with Gasteiger partial charge in [0.15, 0.2) is 0 Å². The van der Waals surface area contributed by atoms with E-state index in [9.17, 15) is 4.79 Å². The lowest BCUT2D eigenvalue weighted by atomic mass is 10.2. The number of hydrogen-bond acceptors (Lipinski definition) is 4. The number of ether oxygens (including phenoxy) is 1. The van der Waals surface area contributed by atoms with Gasteiger partial charge in [-0.15, -0.1) is 0 Å². The zero-order chi connectivity index (χ0) is 10.7. The minimum atomic E-state index is -0.154. The Bertz CT molecular complexity index is 490. The van der Waals surface area contributed by atoms with Gasteiger partial charge in [0.2, 0.25) is 0 Å². The number of thiophene rings is 1. The number of methoxy groups -OCH3 is 1. The largest absolute Gasteiger partial charge is 0.377 e. The third-order valence-corrected chi connectivity index (χ3v) is 2.57. The minimum Gasteiger partial charge on any atom is -0.377 e. The summed E-state index contributed by atoms with van der Waals surface area (Å²) >= 11 is 1.58. The molecule has 0 spiro atoms. The van der Waals surface area contributed by atoms with Crippen LogP contribution in [-0.2, 0) is 11.3 Å². The zero-order valence-electron chi connectivity index (χ0n) is 8.19. The molecule has 0 atom stereocenters. The van der Waals surface area contributed by atoms with E-state index < -0.39 is 0 Å². The van der Waals surface area contributed by atoms with Gasteiger partial charge in [0.25, 0.3) is 5.56 Å². The molecule has 15 heavy (non-hydrogen) atoms. The van der Waals surface area contributed by atoms with Crippen molar-refractivity contribution in [3.05, 3.63) is 39.1 Å². The van der Waals surface area contributed by atoms with Crippen LogP contribution >= 0.6 is 11.3 Å². The number of nitrogens with one attached hydrogen (secondary N) is 1. The van der Waals surface area contributed by atoms with Crippen LogP contribution in [0.15, 0.2) is 27.7 Å². The molecule has 5 heteroatoms. The predicted molar refractivity (Wildman–Crippen MR) is 58.9 cm³/mol. The lowest BCUT2D eigenvalue weighted by molar-refractivity contribution is 0.177. The fourth-order valence-electron chi connectivity index (χ4n) is 1.27. The van der Waals surface area contributed by atoms with E-state index in [1.807, 2.05) is 16.8 Å². The summed E-state index contributed by atoms with van der Waals surface area (Å²) < 4.78 is 4.93. The lowest BCUT2D eigenvalue weighted by Gasteiger charge is -2.01. The fourth-order valence-corrected chi connectivity index (χ4v) is 1.92. The molecule has 2 heterocycles. The van der Waals surface area contributed by atoms with Crippen LogP contribution in [-0.4, -0.2) is 17.1 Å². The van der Waals surface area contributed by atoms with Gasteiger partial charge < -0.3 is 9.72 Å². The first-order valence-corrected chi connectivity index (χ1v) is 5.35. The molecule has 0 radical (unpaired) electrons. The number of nitrogens with zero attached hydrogens (tertiary/aromatic N) is 1. The van der Waals surface area contributed by atoms with E-state index in [4.69, 9.17) is 4.74 Å². The van der Waals surface area contributed by atoms with E-state index in [-0.39, 0.29) is 5.56 Å². The van der Waals surface area contributed by atoms with Gasteiger partial charge in [0, 0.05) is 24.1 Å². The molecule has 78 valence electrons. The summed E-state index contributed by atoms with van der Waals surface area (Å²) in [5.74, 6) is 0.547. The van der Waals surface area contributed by atoms with E-state index in [0.29, 0.717) is 18.1 Å². The molecule has 0 aliphatic rings. The van der Waals surface area contributed by atoms with Crippen LogP contribution in [0.2, 0.25) is 0 Å². The van der Waals surface area contributed by atoms with Gasteiger partial charge in [-0.05, 0) is 11.4 Å². The maximum Gasteiger partial charge on any atom is 0.251 e. The van der Waals surface area contributed by atoms with E-state index >= 15 is 0 Å². The number of aromatic nitrogens is 2. The van der Waals surface area contributed by atoms with Gasteiger partial charge >= 0.3 is 0 Å². The first kappa shape index (κ1) is 10.1. The molecule has 0 unspecified atom stereocenters. The number of rotatable bonds is 3. The molecule has 1 N–H and O–H groups in total. The molecule has 0 aromatic carbocycles. The normalized spacial score (nSPS) is 10.5. The lowest BCUT2D eigenvalue weighted by Crippen LogP contribution is -2.11. The van der Waals surface area contributed by atoms with Crippen LogP contribution in [0.1, 0.15) is 5.82 Å². The van der Waals surface area contributed by atoms with Crippen molar-refractivity contribution in [2.24, 2.45) is 0 Å².